The van der Waals surface area contributed by atoms with Gasteiger partial charge in [-0.25, -0.2) is 0 Å². The van der Waals surface area contributed by atoms with Crippen molar-refractivity contribution in [3.05, 3.63) is 0 Å². The number of nitrogens with zero attached hydrogens (tertiary/aromatic N) is 1. The lowest BCUT2D eigenvalue weighted by Crippen LogP contribution is -2.22. The molecule has 2 heteroatoms. The number of hydrogen-bond donors (Lipinski definition) is 0. The maximum Gasteiger partial charge on any atom is 0.0847 e. The van der Waals surface area contributed by atoms with Crippen LogP contribution in [0.4, 0.5) is 0 Å². The summed E-state index contributed by atoms with van der Waals surface area (Å²) in [5.74, 6) is 0.560. The van der Waals surface area contributed by atoms with Gasteiger partial charge in [-0.15, -0.1) is 0 Å². The quantitative estimate of drug-likeness (QED) is 0.517. The van der Waals surface area contributed by atoms with Crippen LogP contribution in [0, 0.1) is 5.92 Å². The normalized spacial score (nSPS) is 20.1. The summed E-state index contributed by atoms with van der Waals surface area (Å²) in [7, 11) is 0. The third-order valence-corrected chi connectivity index (χ3v) is 1.47. The molecule has 1 heterocycles. The van der Waals surface area contributed by atoms with E-state index in [1.165, 1.54) is 5.71 Å². The highest BCUT2D eigenvalue weighted by atomic mass is 16.5. The van der Waals surface area contributed by atoms with Gasteiger partial charge in [0.15, 0.2) is 0 Å². The largest absolute Gasteiger partial charge is 0.374 e. The van der Waals surface area contributed by atoms with Crippen LogP contribution in [0.15, 0.2) is 4.99 Å². The van der Waals surface area contributed by atoms with Crippen molar-refractivity contribution in [2.75, 3.05) is 19.8 Å². The summed E-state index contributed by atoms with van der Waals surface area (Å²) in [4.78, 5) is 4.32. The van der Waals surface area contributed by atoms with E-state index < -0.39 is 0 Å². The number of ether oxygens (including phenoxy) is 1. The van der Waals surface area contributed by atoms with E-state index in [4.69, 9.17) is 4.74 Å². The van der Waals surface area contributed by atoms with Gasteiger partial charge in [-0.05, 0) is 5.92 Å². The molecule has 0 fully saturated rings. The molecule has 0 saturated heterocycles. The van der Waals surface area contributed by atoms with Crippen LogP contribution in [0.1, 0.15) is 13.8 Å². The first kappa shape index (κ1) is 6.75. The van der Waals surface area contributed by atoms with Crippen molar-refractivity contribution < 1.29 is 4.74 Å². The first-order valence-electron chi connectivity index (χ1n) is 3.41. The van der Waals surface area contributed by atoms with Gasteiger partial charge in [0.25, 0.3) is 0 Å². The molecule has 2 nitrogen and oxygen atoms in total. The molecular weight excluding hydrogens is 114 g/mol. The van der Waals surface area contributed by atoms with Gasteiger partial charge in [0, 0.05) is 5.71 Å². The highest BCUT2D eigenvalue weighted by Crippen LogP contribution is 2.01. The number of aliphatic imine (C=N–C) groups is 1. The molecule has 0 radical (unpaired) electrons. The van der Waals surface area contributed by atoms with Gasteiger partial charge in [0.1, 0.15) is 0 Å². The standard InChI is InChI=1S/C7H13NO/c1-6(2)7-5-9-4-3-8-7/h6H,3-5H2,1-2H3. The molecule has 0 saturated carbocycles. The van der Waals surface area contributed by atoms with E-state index in [0.29, 0.717) is 5.92 Å². The summed E-state index contributed by atoms with van der Waals surface area (Å²) in [6.07, 6.45) is 0. The van der Waals surface area contributed by atoms with Crippen molar-refractivity contribution in [1.29, 1.82) is 0 Å². The van der Waals surface area contributed by atoms with Crippen molar-refractivity contribution in [1.82, 2.24) is 0 Å². The van der Waals surface area contributed by atoms with Crippen molar-refractivity contribution in [3.8, 4) is 0 Å². The van der Waals surface area contributed by atoms with Gasteiger partial charge in [-0.1, -0.05) is 13.8 Å². The fourth-order valence-corrected chi connectivity index (χ4v) is 0.825. The maximum absolute atomic E-state index is 5.21. The Morgan fingerprint density at radius 1 is 1.56 bits per heavy atom. The minimum Gasteiger partial charge on any atom is -0.374 e. The van der Waals surface area contributed by atoms with E-state index in [9.17, 15) is 0 Å². The Kier molecular flexibility index (Phi) is 2.22. The third-order valence-electron chi connectivity index (χ3n) is 1.47. The first-order chi connectivity index (χ1) is 4.30. The van der Waals surface area contributed by atoms with Gasteiger partial charge in [-0.2, -0.15) is 0 Å². The zero-order valence-electron chi connectivity index (χ0n) is 6.05. The van der Waals surface area contributed by atoms with Crippen molar-refractivity contribution in [2.24, 2.45) is 10.9 Å². The molecule has 0 N–H and O–H groups in total. The van der Waals surface area contributed by atoms with Crippen molar-refractivity contribution in [2.45, 2.75) is 13.8 Å². The van der Waals surface area contributed by atoms with E-state index in [1.807, 2.05) is 0 Å². The lowest BCUT2D eigenvalue weighted by Gasteiger charge is -2.14. The molecule has 1 rings (SSSR count). The molecule has 1 aliphatic rings. The Labute approximate surface area is 55.9 Å². The lowest BCUT2D eigenvalue weighted by atomic mass is 10.1. The predicted octanol–water partition coefficient (Wildman–Crippen LogP) is 1.11. The Balaban J connectivity index is 2.46. The number of hydrogen-bond acceptors (Lipinski definition) is 2. The van der Waals surface area contributed by atoms with Crippen LogP contribution in [0.25, 0.3) is 0 Å². The van der Waals surface area contributed by atoms with E-state index >= 15 is 0 Å². The molecule has 0 unspecified atom stereocenters. The molecular formula is C7H13NO. The van der Waals surface area contributed by atoms with Gasteiger partial charge in [0.2, 0.25) is 0 Å². The highest BCUT2D eigenvalue weighted by Gasteiger charge is 2.07. The second-order valence-electron chi connectivity index (χ2n) is 2.58. The fourth-order valence-electron chi connectivity index (χ4n) is 0.825. The van der Waals surface area contributed by atoms with E-state index in [0.717, 1.165) is 19.8 Å². The SMILES string of the molecule is CC(C)C1=NCCOC1. The van der Waals surface area contributed by atoms with E-state index in [-0.39, 0.29) is 0 Å². The second kappa shape index (κ2) is 2.97. The Morgan fingerprint density at radius 3 is 2.67 bits per heavy atom. The number of rotatable bonds is 1. The van der Waals surface area contributed by atoms with Crippen LogP contribution in [0.5, 0.6) is 0 Å². The van der Waals surface area contributed by atoms with Crippen LogP contribution in [0.3, 0.4) is 0 Å². The molecule has 0 spiro atoms. The summed E-state index contributed by atoms with van der Waals surface area (Å²) >= 11 is 0. The zero-order chi connectivity index (χ0) is 6.69. The Bertz CT molecular complexity index is 118. The lowest BCUT2D eigenvalue weighted by molar-refractivity contribution is 0.167. The molecule has 0 atom stereocenters. The Morgan fingerprint density at radius 2 is 2.33 bits per heavy atom. The minimum atomic E-state index is 0.560. The van der Waals surface area contributed by atoms with Crippen LogP contribution in [0.2, 0.25) is 0 Å². The van der Waals surface area contributed by atoms with Crippen LogP contribution in [-0.4, -0.2) is 25.5 Å². The molecule has 0 bridgehead atoms. The molecule has 0 aliphatic carbocycles. The fraction of sp³-hybridized carbons (Fsp3) is 0.857. The van der Waals surface area contributed by atoms with Crippen LogP contribution in [-0.2, 0) is 4.74 Å². The monoisotopic (exact) mass is 127 g/mol. The summed E-state index contributed by atoms with van der Waals surface area (Å²) in [5, 5.41) is 0. The van der Waals surface area contributed by atoms with Crippen molar-refractivity contribution >= 4 is 5.71 Å². The molecule has 0 amide bonds. The molecule has 0 aromatic rings. The van der Waals surface area contributed by atoms with Gasteiger partial charge >= 0.3 is 0 Å². The molecule has 0 aromatic carbocycles. The maximum atomic E-state index is 5.21. The zero-order valence-corrected chi connectivity index (χ0v) is 6.05. The molecule has 1 aliphatic heterocycles. The second-order valence-corrected chi connectivity index (χ2v) is 2.58. The average molecular weight is 127 g/mol. The summed E-state index contributed by atoms with van der Waals surface area (Å²) in [6, 6.07) is 0. The van der Waals surface area contributed by atoms with E-state index in [1.54, 1.807) is 0 Å². The topological polar surface area (TPSA) is 21.6 Å². The predicted molar refractivity (Wildman–Crippen MR) is 38.0 cm³/mol. The average Bonchev–Trinajstić information content (AvgIpc) is 1.90. The van der Waals surface area contributed by atoms with Gasteiger partial charge < -0.3 is 4.74 Å². The summed E-state index contributed by atoms with van der Waals surface area (Å²) < 4.78 is 5.21. The minimum absolute atomic E-state index is 0.560. The molecule has 9 heavy (non-hydrogen) atoms. The highest BCUT2D eigenvalue weighted by molar-refractivity contribution is 5.87. The molecule has 0 aromatic heterocycles. The van der Waals surface area contributed by atoms with Gasteiger partial charge in [-0.3, -0.25) is 4.99 Å². The smallest absolute Gasteiger partial charge is 0.0847 e. The van der Waals surface area contributed by atoms with Crippen LogP contribution >= 0.6 is 0 Å². The Hall–Kier alpha value is -0.370. The van der Waals surface area contributed by atoms with Crippen molar-refractivity contribution in [3.63, 3.8) is 0 Å². The van der Waals surface area contributed by atoms with Gasteiger partial charge in [0.05, 0.1) is 19.8 Å². The molecule has 52 valence electrons. The van der Waals surface area contributed by atoms with Crippen LogP contribution < -0.4 is 0 Å². The summed E-state index contributed by atoms with van der Waals surface area (Å²) in [5.41, 5.74) is 1.21. The summed E-state index contributed by atoms with van der Waals surface area (Å²) in [6.45, 7) is 6.70. The third kappa shape index (κ3) is 1.79. The first-order valence-corrected chi connectivity index (χ1v) is 3.41. The van der Waals surface area contributed by atoms with E-state index in [2.05, 4.69) is 18.8 Å².